The molecule has 0 rings (SSSR count). The second-order valence-electron chi connectivity index (χ2n) is 1.38. The van der Waals surface area contributed by atoms with Crippen molar-refractivity contribution in [2.45, 2.75) is 13.0 Å². The molecule has 0 spiro atoms. The van der Waals surface area contributed by atoms with Crippen LogP contribution in [0.2, 0.25) is 0 Å². The first-order valence-corrected chi connectivity index (χ1v) is 2.14. The molecule has 0 aliphatic carbocycles. The fourth-order valence-electron chi connectivity index (χ4n) is 0.160. The minimum absolute atomic E-state index is 0.0532. The van der Waals surface area contributed by atoms with Crippen LogP contribution < -0.4 is 11.1 Å². The SMILES string of the molecule is CC(CN)N[C]=O. The maximum atomic E-state index is 9.48. The Labute approximate surface area is 42.9 Å². The van der Waals surface area contributed by atoms with Crippen molar-refractivity contribution in [2.75, 3.05) is 6.54 Å². The fourth-order valence-corrected chi connectivity index (χ4v) is 0.160. The third-order valence-electron chi connectivity index (χ3n) is 0.659. The van der Waals surface area contributed by atoms with E-state index in [2.05, 4.69) is 5.32 Å². The van der Waals surface area contributed by atoms with Gasteiger partial charge >= 0.3 is 6.41 Å². The zero-order valence-electron chi connectivity index (χ0n) is 4.27. The quantitative estimate of drug-likeness (QED) is 0.447. The van der Waals surface area contributed by atoms with Crippen molar-refractivity contribution in [3.63, 3.8) is 0 Å². The molecule has 0 heterocycles. The number of carbonyl (C=O) groups excluding carboxylic acids is 1. The molecule has 0 saturated carbocycles. The summed E-state index contributed by atoms with van der Waals surface area (Å²) in [6.07, 6.45) is 1.54. The average Bonchev–Trinajstić information content (AvgIpc) is 1.68. The van der Waals surface area contributed by atoms with E-state index in [1.165, 1.54) is 6.41 Å². The summed E-state index contributed by atoms with van der Waals surface area (Å²) >= 11 is 0. The molecule has 0 saturated heterocycles. The minimum Gasteiger partial charge on any atom is -0.344 e. The molecule has 0 aliphatic heterocycles. The van der Waals surface area contributed by atoms with Crippen LogP contribution >= 0.6 is 0 Å². The molecule has 0 aromatic carbocycles. The Morgan fingerprint density at radius 1 is 2.00 bits per heavy atom. The normalized spacial score (nSPS) is 12.9. The molecule has 0 aliphatic rings. The summed E-state index contributed by atoms with van der Waals surface area (Å²) in [5.74, 6) is 0. The summed E-state index contributed by atoms with van der Waals surface area (Å²) in [4.78, 5) is 9.48. The maximum Gasteiger partial charge on any atom is 0.309 e. The molecule has 0 bridgehead atoms. The van der Waals surface area contributed by atoms with Gasteiger partial charge in [0, 0.05) is 12.6 Å². The van der Waals surface area contributed by atoms with Gasteiger partial charge in [-0.1, -0.05) is 0 Å². The highest BCUT2D eigenvalue weighted by Gasteiger charge is 1.91. The molecule has 1 radical (unpaired) electrons. The molecular formula is C4H9N2O. The van der Waals surface area contributed by atoms with Crippen LogP contribution in [0, 0.1) is 0 Å². The highest BCUT2D eigenvalue weighted by Crippen LogP contribution is 1.68. The minimum atomic E-state index is 0.0532. The number of nitrogens with one attached hydrogen (secondary N) is 1. The summed E-state index contributed by atoms with van der Waals surface area (Å²) in [6.45, 7) is 2.28. The molecule has 1 amide bonds. The van der Waals surface area contributed by atoms with Crippen LogP contribution in [0.4, 0.5) is 0 Å². The Morgan fingerprint density at radius 2 is 2.57 bits per heavy atom. The van der Waals surface area contributed by atoms with Crippen LogP contribution in [0.3, 0.4) is 0 Å². The van der Waals surface area contributed by atoms with Gasteiger partial charge in [-0.05, 0) is 6.92 Å². The van der Waals surface area contributed by atoms with Gasteiger partial charge in [-0.3, -0.25) is 4.79 Å². The third-order valence-corrected chi connectivity index (χ3v) is 0.659. The van der Waals surface area contributed by atoms with Gasteiger partial charge in [-0.2, -0.15) is 0 Å². The molecule has 0 aromatic heterocycles. The summed E-state index contributed by atoms with van der Waals surface area (Å²) < 4.78 is 0. The smallest absolute Gasteiger partial charge is 0.309 e. The standard InChI is InChI=1S/C4H9N2O/c1-4(2-5)6-3-7/h4H,2,5H2,1H3,(H,6,7). The van der Waals surface area contributed by atoms with E-state index >= 15 is 0 Å². The van der Waals surface area contributed by atoms with Crippen LogP contribution in [0.15, 0.2) is 0 Å². The van der Waals surface area contributed by atoms with Gasteiger partial charge in [-0.25, -0.2) is 0 Å². The van der Waals surface area contributed by atoms with Crippen molar-refractivity contribution >= 4 is 6.41 Å². The van der Waals surface area contributed by atoms with E-state index in [9.17, 15) is 4.79 Å². The van der Waals surface area contributed by atoms with Gasteiger partial charge in [0.15, 0.2) is 0 Å². The van der Waals surface area contributed by atoms with Crippen molar-refractivity contribution in [1.29, 1.82) is 0 Å². The molecule has 0 aromatic rings. The van der Waals surface area contributed by atoms with Gasteiger partial charge in [0.25, 0.3) is 0 Å². The first-order valence-electron chi connectivity index (χ1n) is 2.14. The highest BCUT2D eigenvalue weighted by atomic mass is 16.1. The molecule has 0 fully saturated rings. The number of amides is 1. The first-order chi connectivity index (χ1) is 3.31. The number of nitrogens with two attached hydrogens (primary N) is 1. The van der Waals surface area contributed by atoms with E-state index in [4.69, 9.17) is 5.73 Å². The number of rotatable bonds is 3. The summed E-state index contributed by atoms with van der Waals surface area (Å²) in [5, 5.41) is 2.36. The Balaban J connectivity index is 2.98. The summed E-state index contributed by atoms with van der Waals surface area (Å²) in [7, 11) is 0. The summed E-state index contributed by atoms with van der Waals surface area (Å²) in [6, 6.07) is 0.0532. The molecule has 3 heteroatoms. The van der Waals surface area contributed by atoms with E-state index in [0.29, 0.717) is 6.54 Å². The second-order valence-corrected chi connectivity index (χ2v) is 1.38. The van der Waals surface area contributed by atoms with Gasteiger partial charge in [0.1, 0.15) is 0 Å². The van der Waals surface area contributed by atoms with Crippen molar-refractivity contribution in [3.8, 4) is 0 Å². The van der Waals surface area contributed by atoms with Crippen LogP contribution in [0.1, 0.15) is 6.92 Å². The van der Waals surface area contributed by atoms with E-state index < -0.39 is 0 Å². The first kappa shape index (κ1) is 6.43. The molecule has 41 valence electrons. The van der Waals surface area contributed by atoms with Crippen LogP contribution in [0.25, 0.3) is 0 Å². The third kappa shape index (κ3) is 3.26. The monoisotopic (exact) mass is 101 g/mol. The lowest BCUT2D eigenvalue weighted by molar-refractivity contribution is 0.527. The van der Waals surface area contributed by atoms with Crippen molar-refractivity contribution in [1.82, 2.24) is 5.32 Å². The topological polar surface area (TPSA) is 55.1 Å². The highest BCUT2D eigenvalue weighted by molar-refractivity contribution is 5.47. The molecule has 7 heavy (non-hydrogen) atoms. The van der Waals surface area contributed by atoms with Gasteiger partial charge < -0.3 is 11.1 Å². The number of hydrogen-bond donors (Lipinski definition) is 2. The maximum absolute atomic E-state index is 9.48. The van der Waals surface area contributed by atoms with E-state index in [1.807, 2.05) is 6.92 Å². The van der Waals surface area contributed by atoms with Crippen molar-refractivity contribution in [2.24, 2.45) is 5.73 Å². The van der Waals surface area contributed by atoms with E-state index in [0.717, 1.165) is 0 Å². The van der Waals surface area contributed by atoms with Crippen molar-refractivity contribution in [3.05, 3.63) is 0 Å². The fraction of sp³-hybridized carbons (Fsp3) is 0.750. The molecule has 1 unspecified atom stereocenters. The second kappa shape index (κ2) is 3.61. The Morgan fingerprint density at radius 3 is 2.71 bits per heavy atom. The van der Waals surface area contributed by atoms with Crippen LogP contribution in [-0.4, -0.2) is 19.0 Å². The summed E-state index contributed by atoms with van der Waals surface area (Å²) in [5.41, 5.74) is 5.12. The zero-order valence-corrected chi connectivity index (χ0v) is 4.27. The predicted octanol–water partition coefficient (Wildman–Crippen LogP) is -1.01. The van der Waals surface area contributed by atoms with Gasteiger partial charge in [0.2, 0.25) is 0 Å². The van der Waals surface area contributed by atoms with Gasteiger partial charge in [-0.15, -0.1) is 0 Å². The average molecular weight is 101 g/mol. The van der Waals surface area contributed by atoms with Gasteiger partial charge in [0.05, 0.1) is 0 Å². The van der Waals surface area contributed by atoms with E-state index in [1.54, 1.807) is 0 Å². The molecule has 3 N–H and O–H groups in total. The number of hydrogen-bond acceptors (Lipinski definition) is 2. The molecule has 3 nitrogen and oxygen atoms in total. The molecular weight excluding hydrogens is 92.1 g/mol. The van der Waals surface area contributed by atoms with Crippen LogP contribution in [0.5, 0.6) is 0 Å². The van der Waals surface area contributed by atoms with Crippen molar-refractivity contribution < 1.29 is 4.79 Å². The molecule has 1 atom stereocenters. The Hall–Kier alpha value is -0.570. The van der Waals surface area contributed by atoms with Crippen LogP contribution in [-0.2, 0) is 4.79 Å². The Kier molecular flexibility index (Phi) is 3.32. The zero-order chi connectivity index (χ0) is 5.70. The lowest BCUT2D eigenvalue weighted by Gasteiger charge is -2.01. The predicted molar refractivity (Wildman–Crippen MR) is 27.3 cm³/mol. The van der Waals surface area contributed by atoms with E-state index in [-0.39, 0.29) is 6.04 Å². The Bertz CT molecular complexity index is 55.7. The largest absolute Gasteiger partial charge is 0.344 e. The lowest BCUT2D eigenvalue weighted by Crippen LogP contribution is -2.31. The lowest BCUT2D eigenvalue weighted by atomic mass is 10.4.